The average Bonchev–Trinajstić information content (AvgIpc) is 2.50. The van der Waals surface area contributed by atoms with E-state index in [0.29, 0.717) is 0 Å². The van der Waals surface area contributed by atoms with Crippen LogP contribution in [0.15, 0.2) is 16.6 Å². The number of fused-ring (bicyclic) bond motifs is 1. The fourth-order valence-corrected chi connectivity index (χ4v) is 2.01. The molecule has 1 N–H and O–H groups in total. The molecule has 2 nitrogen and oxygen atoms in total. The van der Waals surface area contributed by atoms with Crippen molar-refractivity contribution in [2.75, 3.05) is 7.11 Å². The minimum absolute atomic E-state index is 0.922. The third-order valence-electron chi connectivity index (χ3n) is 2.10. The number of benzene rings is 1. The van der Waals surface area contributed by atoms with Crippen LogP contribution in [0, 0.1) is 0 Å². The quantitative estimate of drug-likeness (QED) is 0.794. The first-order chi connectivity index (χ1) is 5.81. The van der Waals surface area contributed by atoms with Crippen LogP contribution in [0.5, 0.6) is 5.75 Å². The molecule has 1 aliphatic heterocycles. The van der Waals surface area contributed by atoms with Crippen LogP contribution in [0.2, 0.25) is 0 Å². The highest BCUT2D eigenvalue weighted by molar-refractivity contribution is 9.10. The van der Waals surface area contributed by atoms with E-state index in [9.17, 15) is 0 Å². The highest BCUT2D eigenvalue weighted by Gasteiger charge is 2.15. The molecule has 12 heavy (non-hydrogen) atoms. The summed E-state index contributed by atoms with van der Waals surface area (Å²) >= 11 is 3.45. The molecule has 2 rings (SSSR count). The van der Waals surface area contributed by atoms with Crippen molar-refractivity contribution in [2.24, 2.45) is 0 Å². The molecule has 0 unspecified atom stereocenters. The van der Waals surface area contributed by atoms with Gasteiger partial charge in [-0.15, -0.1) is 0 Å². The van der Waals surface area contributed by atoms with Gasteiger partial charge in [0.1, 0.15) is 5.75 Å². The predicted molar refractivity (Wildman–Crippen MR) is 51.2 cm³/mol. The first-order valence-corrected chi connectivity index (χ1v) is 4.66. The highest BCUT2D eigenvalue weighted by Crippen LogP contribution is 2.30. The first-order valence-electron chi connectivity index (χ1n) is 3.87. The normalized spacial score (nSPS) is 14.5. The standard InChI is InChI=1S/C9H10BrNO/c1-12-9-3-7(10)2-6-4-11-5-8(6)9/h2-3,11H,4-5H2,1H3. The Morgan fingerprint density at radius 1 is 1.42 bits per heavy atom. The van der Waals surface area contributed by atoms with E-state index in [0.717, 1.165) is 23.3 Å². The molecule has 0 spiro atoms. The molecule has 0 atom stereocenters. The number of hydrogen-bond acceptors (Lipinski definition) is 2. The molecular formula is C9H10BrNO. The Balaban J connectivity index is 2.55. The fraction of sp³-hybridized carbons (Fsp3) is 0.333. The Kier molecular flexibility index (Phi) is 2.07. The number of hydrogen-bond donors (Lipinski definition) is 1. The van der Waals surface area contributed by atoms with Gasteiger partial charge in [0.15, 0.2) is 0 Å². The van der Waals surface area contributed by atoms with Crippen LogP contribution in [-0.2, 0) is 13.1 Å². The maximum Gasteiger partial charge on any atom is 0.124 e. The minimum Gasteiger partial charge on any atom is -0.496 e. The second kappa shape index (κ2) is 3.07. The summed E-state index contributed by atoms with van der Waals surface area (Å²) in [5, 5.41) is 3.29. The van der Waals surface area contributed by atoms with Crippen LogP contribution in [-0.4, -0.2) is 7.11 Å². The molecule has 0 saturated heterocycles. The van der Waals surface area contributed by atoms with E-state index in [-0.39, 0.29) is 0 Å². The number of rotatable bonds is 1. The number of nitrogens with one attached hydrogen (secondary N) is 1. The lowest BCUT2D eigenvalue weighted by Crippen LogP contribution is -2.00. The zero-order chi connectivity index (χ0) is 8.55. The second-order valence-electron chi connectivity index (χ2n) is 2.85. The molecular weight excluding hydrogens is 218 g/mol. The highest BCUT2D eigenvalue weighted by atomic mass is 79.9. The lowest BCUT2D eigenvalue weighted by atomic mass is 10.1. The van der Waals surface area contributed by atoms with Crippen LogP contribution in [0.3, 0.4) is 0 Å². The zero-order valence-electron chi connectivity index (χ0n) is 6.86. The van der Waals surface area contributed by atoms with Gasteiger partial charge in [-0.1, -0.05) is 15.9 Å². The first kappa shape index (κ1) is 8.08. The molecule has 1 aliphatic rings. The summed E-state index contributed by atoms with van der Waals surface area (Å²) in [6.07, 6.45) is 0. The van der Waals surface area contributed by atoms with Gasteiger partial charge < -0.3 is 10.1 Å². The van der Waals surface area contributed by atoms with E-state index in [4.69, 9.17) is 4.74 Å². The summed E-state index contributed by atoms with van der Waals surface area (Å²) in [5.74, 6) is 0.976. The summed E-state index contributed by atoms with van der Waals surface area (Å²) in [6.45, 7) is 1.87. The van der Waals surface area contributed by atoms with Crippen molar-refractivity contribution < 1.29 is 4.74 Å². The van der Waals surface area contributed by atoms with Gasteiger partial charge in [0, 0.05) is 23.1 Å². The number of ether oxygens (including phenoxy) is 1. The average molecular weight is 228 g/mol. The summed E-state index contributed by atoms with van der Waals surface area (Å²) in [4.78, 5) is 0. The SMILES string of the molecule is COc1cc(Br)cc2c1CNC2. The molecule has 0 amide bonds. The third kappa shape index (κ3) is 1.23. The van der Waals surface area contributed by atoms with Gasteiger partial charge >= 0.3 is 0 Å². The van der Waals surface area contributed by atoms with Crippen molar-refractivity contribution >= 4 is 15.9 Å². The molecule has 3 heteroatoms. The largest absolute Gasteiger partial charge is 0.496 e. The van der Waals surface area contributed by atoms with Crippen LogP contribution >= 0.6 is 15.9 Å². The van der Waals surface area contributed by atoms with E-state index < -0.39 is 0 Å². The summed E-state index contributed by atoms with van der Waals surface area (Å²) in [6, 6.07) is 4.14. The Hall–Kier alpha value is -0.540. The van der Waals surface area contributed by atoms with Gasteiger partial charge in [-0.2, -0.15) is 0 Å². The van der Waals surface area contributed by atoms with E-state index in [1.807, 2.05) is 6.07 Å². The zero-order valence-corrected chi connectivity index (χ0v) is 8.44. The van der Waals surface area contributed by atoms with Gasteiger partial charge in [0.25, 0.3) is 0 Å². The van der Waals surface area contributed by atoms with Crippen LogP contribution < -0.4 is 10.1 Å². The number of halogens is 1. The summed E-state index contributed by atoms with van der Waals surface area (Å²) < 4.78 is 6.35. The topological polar surface area (TPSA) is 21.3 Å². The van der Waals surface area contributed by atoms with Gasteiger partial charge in [-0.25, -0.2) is 0 Å². The summed E-state index contributed by atoms with van der Waals surface area (Å²) in [5.41, 5.74) is 2.63. The van der Waals surface area contributed by atoms with Crippen molar-refractivity contribution in [3.63, 3.8) is 0 Å². The van der Waals surface area contributed by atoms with Crippen molar-refractivity contribution in [3.05, 3.63) is 27.7 Å². The molecule has 1 heterocycles. The van der Waals surface area contributed by atoms with Gasteiger partial charge in [0.05, 0.1) is 7.11 Å². The molecule has 1 aromatic carbocycles. The fourth-order valence-electron chi connectivity index (χ4n) is 1.53. The molecule has 0 fully saturated rings. The maximum absolute atomic E-state index is 5.27. The lowest BCUT2D eigenvalue weighted by Gasteiger charge is -2.06. The Labute approximate surface area is 80.1 Å². The second-order valence-corrected chi connectivity index (χ2v) is 3.76. The Morgan fingerprint density at radius 3 is 3.00 bits per heavy atom. The van der Waals surface area contributed by atoms with Crippen molar-refractivity contribution in [1.29, 1.82) is 0 Å². The van der Waals surface area contributed by atoms with Crippen molar-refractivity contribution in [3.8, 4) is 5.75 Å². The molecule has 0 aliphatic carbocycles. The predicted octanol–water partition coefficient (Wildman–Crippen LogP) is 2.06. The van der Waals surface area contributed by atoms with E-state index in [1.54, 1.807) is 7.11 Å². The number of methoxy groups -OCH3 is 1. The molecule has 0 saturated carbocycles. The van der Waals surface area contributed by atoms with Crippen molar-refractivity contribution in [1.82, 2.24) is 5.32 Å². The van der Waals surface area contributed by atoms with Crippen LogP contribution in [0.25, 0.3) is 0 Å². The van der Waals surface area contributed by atoms with E-state index in [2.05, 4.69) is 27.3 Å². The smallest absolute Gasteiger partial charge is 0.124 e. The maximum atomic E-state index is 5.27. The monoisotopic (exact) mass is 227 g/mol. The Morgan fingerprint density at radius 2 is 2.25 bits per heavy atom. The van der Waals surface area contributed by atoms with Crippen molar-refractivity contribution in [2.45, 2.75) is 13.1 Å². The van der Waals surface area contributed by atoms with Gasteiger partial charge in [0.2, 0.25) is 0 Å². The lowest BCUT2D eigenvalue weighted by molar-refractivity contribution is 0.409. The molecule has 1 aromatic rings. The molecule has 64 valence electrons. The Bertz CT molecular complexity index is 312. The van der Waals surface area contributed by atoms with Crippen LogP contribution in [0.1, 0.15) is 11.1 Å². The third-order valence-corrected chi connectivity index (χ3v) is 2.56. The van der Waals surface area contributed by atoms with Gasteiger partial charge in [-0.05, 0) is 17.7 Å². The minimum atomic E-state index is 0.922. The molecule has 0 radical (unpaired) electrons. The molecule has 0 aromatic heterocycles. The van der Waals surface area contributed by atoms with E-state index >= 15 is 0 Å². The van der Waals surface area contributed by atoms with E-state index in [1.165, 1.54) is 11.1 Å². The molecule has 0 bridgehead atoms. The van der Waals surface area contributed by atoms with Crippen LogP contribution in [0.4, 0.5) is 0 Å². The summed E-state index contributed by atoms with van der Waals surface area (Å²) in [7, 11) is 1.71. The van der Waals surface area contributed by atoms with Gasteiger partial charge in [-0.3, -0.25) is 0 Å².